The molecule has 0 saturated carbocycles. The molecule has 0 aliphatic heterocycles. The quantitative estimate of drug-likeness (QED) is 0.394. The van der Waals surface area contributed by atoms with Crippen molar-refractivity contribution in [1.29, 1.82) is 0 Å². The molecular formula is C23H24N4O2S. The molecule has 0 saturated heterocycles. The minimum atomic E-state index is -0.162. The van der Waals surface area contributed by atoms with Crippen molar-refractivity contribution in [1.82, 2.24) is 14.7 Å². The van der Waals surface area contributed by atoms with E-state index in [9.17, 15) is 4.79 Å². The van der Waals surface area contributed by atoms with Crippen LogP contribution in [0, 0.1) is 13.8 Å². The summed E-state index contributed by atoms with van der Waals surface area (Å²) in [5.41, 5.74) is 4.48. The summed E-state index contributed by atoms with van der Waals surface area (Å²) < 4.78 is 7.31. The second-order valence-corrected chi connectivity index (χ2v) is 8.13. The Kier molecular flexibility index (Phi) is 5.90. The summed E-state index contributed by atoms with van der Waals surface area (Å²) in [5, 5.41) is 7.04. The number of para-hydroxylation sites is 2. The number of nitrogens with one attached hydrogen (secondary N) is 1. The van der Waals surface area contributed by atoms with Gasteiger partial charge in [0.2, 0.25) is 5.95 Å². The molecule has 0 aliphatic rings. The Morgan fingerprint density at radius 2 is 1.90 bits per heavy atom. The number of imidazole rings is 1. The zero-order chi connectivity index (χ0) is 21.1. The van der Waals surface area contributed by atoms with Crippen LogP contribution in [0.1, 0.15) is 40.7 Å². The summed E-state index contributed by atoms with van der Waals surface area (Å²) in [6.45, 7) is 6.75. The number of aromatic nitrogens is 3. The SMILES string of the molecule is CCCn1c(NC(=O)c2ccccc2SCc2c(C)noc2C)nc2ccccc21. The van der Waals surface area contributed by atoms with E-state index in [4.69, 9.17) is 4.52 Å². The molecule has 0 unspecified atom stereocenters. The van der Waals surface area contributed by atoms with Gasteiger partial charge in [-0.2, -0.15) is 0 Å². The molecule has 4 rings (SSSR count). The molecule has 2 aromatic carbocycles. The number of hydrogen-bond acceptors (Lipinski definition) is 5. The fourth-order valence-electron chi connectivity index (χ4n) is 3.43. The maximum atomic E-state index is 13.2. The van der Waals surface area contributed by atoms with Crippen molar-refractivity contribution in [2.24, 2.45) is 0 Å². The number of anilines is 1. The zero-order valence-electron chi connectivity index (χ0n) is 17.3. The molecule has 1 N–H and O–H groups in total. The summed E-state index contributed by atoms with van der Waals surface area (Å²) in [6, 6.07) is 15.6. The van der Waals surface area contributed by atoms with Crippen molar-refractivity contribution in [2.75, 3.05) is 5.32 Å². The molecule has 0 atom stereocenters. The van der Waals surface area contributed by atoms with Gasteiger partial charge in [-0.05, 0) is 44.5 Å². The molecule has 2 aromatic heterocycles. The van der Waals surface area contributed by atoms with Crippen LogP contribution in [0.2, 0.25) is 0 Å². The van der Waals surface area contributed by atoms with Crippen molar-refractivity contribution in [3.8, 4) is 0 Å². The van der Waals surface area contributed by atoms with Crippen molar-refractivity contribution in [3.05, 3.63) is 71.1 Å². The molecule has 1 amide bonds. The summed E-state index contributed by atoms with van der Waals surface area (Å²) in [7, 11) is 0. The Morgan fingerprint density at radius 3 is 2.67 bits per heavy atom. The number of benzene rings is 2. The van der Waals surface area contributed by atoms with E-state index in [0.29, 0.717) is 17.3 Å². The minimum absolute atomic E-state index is 0.162. The maximum Gasteiger partial charge on any atom is 0.259 e. The Bertz CT molecular complexity index is 1180. The summed E-state index contributed by atoms with van der Waals surface area (Å²) >= 11 is 1.60. The van der Waals surface area contributed by atoms with Crippen LogP contribution in [0.15, 0.2) is 57.9 Å². The normalized spacial score (nSPS) is 11.2. The second kappa shape index (κ2) is 8.75. The van der Waals surface area contributed by atoms with Crippen LogP contribution in [0.3, 0.4) is 0 Å². The Balaban J connectivity index is 1.59. The van der Waals surface area contributed by atoms with E-state index >= 15 is 0 Å². The van der Waals surface area contributed by atoms with E-state index in [1.54, 1.807) is 11.8 Å². The number of carbonyl (C=O) groups excluding carboxylic acids is 1. The molecule has 7 heteroatoms. The lowest BCUT2D eigenvalue weighted by molar-refractivity contribution is 0.102. The molecule has 0 spiro atoms. The van der Waals surface area contributed by atoms with Gasteiger partial charge < -0.3 is 9.09 Å². The molecule has 30 heavy (non-hydrogen) atoms. The van der Waals surface area contributed by atoms with Crippen LogP contribution < -0.4 is 5.32 Å². The standard InChI is InChI=1S/C23H24N4O2S/c1-4-13-27-20-11-7-6-10-19(20)24-23(27)25-22(28)17-9-5-8-12-21(17)30-14-18-15(2)26-29-16(18)3/h5-12H,4,13-14H2,1-3H3,(H,24,25,28). The molecule has 6 nitrogen and oxygen atoms in total. The van der Waals surface area contributed by atoms with Crippen molar-refractivity contribution >= 4 is 34.7 Å². The highest BCUT2D eigenvalue weighted by Crippen LogP contribution is 2.29. The van der Waals surface area contributed by atoms with Crippen molar-refractivity contribution < 1.29 is 9.32 Å². The highest BCUT2D eigenvalue weighted by molar-refractivity contribution is 7.98. The predicted octanol–water partition coefficient (Wildman–Crippen LogP) is 5.60. The van der Waals surface area contributed by atoms with E-state index in [1.807, 2.05) is 62.4 Å². The van der Waals surface area contributed by atoms with Crippen molar-refractivity contribution in [3.63, 3.8) is 0 Å². The lowest BCUT2D eigenvalue weighted by Crippen LogP contribution is -2.17. The largest absolute Gasteiger partial charge is 0.361 e. The Morgan fingerprint density at radius 1 is 1.13 bits per heavy atom. The Labute approximate surface area is 179 Å². The topological polar surface area (TPSA) is 73.0 Å². The van der Waals surface area contributed by atoms with Crippen LogP contribution in [0.4, 0.5) is 5.95 Å². The molecule has 0 fully saturated rings. The fourth-order valence-corrected chi connectivity index (χ4v) is 4.63. The molecule has 0 radical (unpaired) electrons. The van der Waals surface area contributed by atoms with Gasteiger partial charge in [0.15, 0.2) is 0 Å². The Hall–Kier alpha value is -3.06. The lowest BCUT2D eigenvalue weighted by atomic mass is 10.2. The monoisotopic (exact) mass is 420 g/mol. The fraction of sp³-hybridized carbons (Fsp3) is 0.261. The van der Waals surface area contributed by atoms with Crippen LogP contribution in [0.5, 0.6) is 0 Å². The summed E-state index contributed by atoms with van der Waals surface area (Å²) in [6.07, 6.45) is 0.951. The molecule has 4 aromatic rings. The first-order valence-corrected chi connectivity index (χ1v) is 11.0. The van der Waals surface area contributed by atoms with Gasteiger partial charge >= 0.3 is 0 Å². The van der Waals surface area contributed by atoms with Gasteiger partial charge in [-0.1, -0.05) is 36.3 Å². The number of hydrogen-bond donors (Lipinski definition) is 1. The van der Waals surface area contributed by atoms with Gasteiger partial charge in [0.25, 0.3) is 5.91 Å². The van der Waals surface area contributed by atoms with Crippen molar-refractivity contribution in [2.45, 2.75) is 44.4 Å². The lowest BCUT2D eigenvalue weighted by Gasteiger charge is -2.11. The van der Waals surface area contributed by atoms with Gasteiger partial charge in [0.1, 0.15) is 5.76 Å². The third-order valence-corrected chi connectivity index (χ3v) is 6.11. The third-order valence-electron chi connectivity index (χ3n) is 5.01. The van der Waals surface area contributed by atoms with E-state index < -0.39 is 0 Å². The number of carbonyl (C=O) groups is 1. The number of fused-ring (bicyclic) bond motifs is 1. The molecule has 0 aliphatic carbocycles. The summed E-state index contributed by atoms with van der Waals surface area (Å²) in [5.74, 6) is 1.92. The van der Waals surface area contributed by atoms with Crippen LogP contribution >= 0.6 is 11.8 Å². The summed E-state index contributed by atoms with van der Waals surface area (Å²) in [4.78, 5) is 18.7. The van der Waals surface area contributed by atoms with Gasteiger partial charge in [0.05, 0.1) is 22.3 Å². The van der Waals surface area contributed by atoms with E-state index in [1.165, 1.54) is 0 Å². The number of thioether (sulfide) groups is 1. The number of rotatable bonds is 7. The average molecular weight is 421 g/mol. The highest BCUT2D eigenvalue weighted by Gasteiger charge is 2.17. The number of amides is 1. The van der Waals surface area contributed by atoms with Gasteiger partial charge in [-0.15, -0.1) is 11.8 Å². The van der Waals surface area contributed by atoms with Gasteiger partial charge in [0, 0.05) is 22.8 Å². The van der Waals surface area contributed by atoms with E-state index in [2.05, 4.69) is 26.9 Å². The smallest absolute Gasteiger partial charge is 0.259 e. The van der Waals surface area contributed by atoms with Gasteiger partial charge in [-0.3, -0.25) is 10.1 Å². The first-order chi connectivity index (χ1) is 14.6. The molecule has 0 bridgehead atoms. The first-order valence-electron chi connectivity index (χ1n) is 9.98. The first kappa shape index (κ1) is 20.2. The van der Waals surface area contributed by atoms with E-state index in [0.717, 1.165) is 45.9 Å². The van der Waals surface area contributed by atoms with Crippen LogP contribution in [0.25, 0.3) is 11.0 Å². The maximum absolute atomic E-state index is 13.2. The predicted molar refractivity (Wildman–Crippen MR) is 120 cm³/mol. The van der Waals surface area contributed by atoms with Crippen LogP contribution in [-0.4, -0.2) is 20.6 Å². The molecule has 2 heterocycles. The molecular weight excluding hydrogens is 396 g/mol. The third kappa shape index (κ3) is 3.98. The number of aryl methyl sites for hydroxylation is 3. The zero-order valence-corrected chi connectivity index (χ0v) is 18.1. The number of nitrogens with zero attached hydrogens (tertiary/aromatic N) is 3. The minimum Gasteiger partial charge on any atom is -0.361 e. The van der Waals surface area contributed by atoms with E-state index in [-0.39, 0.29) is 5.91 Å². The average Bonchev–Trinajstić information content (AvgIpc) is 3.26. The highest BCUT2D eigenvalue weighted by atomic mass is 32.2. The van der Waals surface area contributed by atoms with Crippen LogP contribution in [-0.2, 0) is 12.3 Å². The van der Waals surface area contributed by atoms with Gasteiger partial charge in [-0.25, -0.2) is 4.98 Å². The second-order valence-electron chi connectivity index (χ2n) is 7.12. The molecule has 154 valence electrons.